The molecule has 1 amide bonds. The van der Waals surface area contributed by atoms with Crippen molar-refractivity contribution in [3.05, 3.63) is 35.4 Å². The summed E-state index contributed by atoms with van der Waals surface area (Å²) in [6.45, 7) is 3.23. The molecule has 2 rings (SSSR count). The van der Waals surface area contributed by atoms with Gasteiger partial charge in [0.25, 0.3) is 5.91 Å². The first-order valence-electron chi connectivity index (χ1n) is 6.96. The predicted molar refractivity (Wildman–Crippen MR) is 78.5 cm³/mol. The summed E-state index contributed by atoms with van der Waals surface area (Å²) in [4.78, 5) is 25.0. The first kappa shape index (κ1) is 15.7. The number of aromatic carboxylic acids is 1. The molecule has 0 spiro atoms. The van der Waals surface area contributed by atoms with E-state index in [1.54, 1.807) is 20.3 Å². The minimum absolute atomic E-state index is 0.0570. The summed E-state index contributed by atoms with van der Waals surface area (Å²) < 4.78 is 3.14. The van der Waals surface area contributed by atoms with Gasteiger partial charge in [-0.1, -0.05) is 6.92 Å². The second kappa shape index (κ2) is 6.42. The van der Waals surface area contributed by atoms with E-state index in [1.807, 2.05) is 10.9 Å². The number of carbonyl (C=O) groups is 2. The van der Waals surface area contributed by atoms with Gasteiger partial charge in [-0.15, -0.1) is 0 Å². The van der Waals surface area contributed by atoms with Crippen LogP contribution < -0.4 is 0 Å². The number of rotatable bonds is 6. The normalized spacial score (nSPS) is 10.7. The van der Waals surface area contributed by atoms with Gasteiger partial charge in [-0.05, 0) is 6.42 Å². The Morgan fingerprint density at radius 3 is 2.73 bits per heavy atom. The minimum Gasteiger partial charge on any atom is -0.478 e. The smallest absolute Gasteiger partial charge is 0.339 e. The molecule has 0 atom stereocenters. The average molecular weight is 305 g/mol. The number of amides is 1. The van der Waals surface area contributed by atoms with Gasteiger partial charge in [-0.2, -0.15) is 10.2 Å². The maximum Gasteiger partial charge on any atom is 0.339 e. The molecule has 0 unspecified atom stereocenters. The van der Waals surface area contributed by atoms with E-state index in [4.69, 9.17) is 5.11 Å². The van der Waals surface area contributed by atoms with Crippen molar-refractivity contribution in [1.29, 1.82) is 0 Å². The van der Waals surface area contributed by atoms with Crippen LogP contribution in [0.1, 0.15) is 39.8 Å². The molecule has 0 radical (unpaired) electrons. The highest BCUT2D eigenvalue weighted by Crippen LogP contribution is 2.11. The lowest BCUT2D eigenvalue weighted by molar-refractivity contribution is 0.0679. The van der Waals surface area contributed by atoms with E-state index in [9.17, 15) is 9.59 Å². The topological polar surface area (TPSA) is 93.2 Å². The summed E-state index contributed by atoms with van der Waals surface area (Å²) in [5.41, 5.74) is 0.733. The molecule has 0 aliphatic heterocycles. The third-order valence-corrected chi connectivity index (χ3v) is 3.17. The van der Waals surface area contributed by atoms with Gasteiger partial charge in [0.1, 0.15) is 5.56 Å². The van der Waals surface area contributed by atoms with Gasteiger partial charge < -0.3 is 10.0 Å². The Morgan fingerprint density at radius 2 is 2.09 bits per heavy atom. The molecule has 118 valence electrons. The number of hydrogen-bond acceptors (Lipinski definition) is 4. The highest BCUT2D eigenvalue weighted by atomic mass is 16.4. The summed E-state index contributed by atoms with van der Waals surface area (Å²) in [6.07, 6.45) is 5.88. The summed E-state index contributed by atoms with van der Waals surface area (Å²) in [6, 6.07) is 0. The van der Waals surface area contributed by atoms with E-state index in [2.05, 4.69) is 17.1 Å². The molecule has 0 fully saturated rings. The Labute approximate surface area is 127 Å². The highest BCUT2D eigenvalue weighted by molar-refractivity contribution is 6.03. The zero-order valence-electron chi connectivity index (χ0n) is 12.9. The second-order valence-corrected chi connectivity index (χ2v) is 5.14. The van der Waals surface area contributed by atoms with Crippen LogP contribution in [0.2, 0.25) is 0 Å². The summed E-state index contributed by atoms with van der Waals surface area (Å²) in [5.74, 6) is -1.60. The predicted octanol–water partition coefficient (Wildman–Crippen LogP) is 0.997. The maximum absolute atomic E-state index is 12.4. The van der Waals surface area contributed by atoms with Crippen LogP contribution in [0.5, 0.6) is 0 Å². The molecule has 0 aliphatic rings. The molecule has 8 heteroatoms. The van der Waals surface area contributed by atoms with Crippen molar-refractivity contribution in [2.24, 2.45) is 7.05 Å². The molecule has 0 saturated carbocycles. The Bertz CT molecular complexity index is 688. The summed E-state index contributed by atoms with van der Waals surface area (Å²) >= 11 is 0. The van der Waals surface area contributed by atoms with Gasteiger partial charge in [-0.3, -0.25) is 14.2 Å². The van der Waals surface area contributed by atoms with Gasteiger partial charge in [0.05, 0.1) is 6.20 Å². The number of carboxylic acid groups (broad SMARTS) is 1. The molecule has 22 heavy (non-hydrogen) atoms. The quantitative estimate of drug-likeness (QED) is 0.859. The fourth-order valence-electron chi connectivity index (χ4n) is 2.17. The van der Waals surface area contributed by atoms with Gasteiger partial charge >= 0.3 is 5.97 Å². The number of carboxylic acids is 1. The van der Waals surface area contributed by atoms with Crippen molar-refractivity contribution in [2.45, 2.75) is 26.4 Å². The molecule has 1 N–H and O–H groups in total. The van der Waals surface area contributed by atoms with Crippen LogP contribution in [0.25, 0.3) is 0 Å². The largest absolute Gasteiger partial charge is 0.478 e. The first-order valence-corrected chi connectivity index (χ1v) is 6.96. The molecule has 0 saturated heterocycles. The second-order valence-electron chi connectivity index (χ2n) is 5.14. The Balaban J connectivity index is 2.13. The molecule has 2 aromatic heterocycles. The molecule has 8 nitrogen and oxygen atoms in total. The van der Waals surface area contributed by atoms with E-state index in [0.717, 1.165) is 18.5 Å². The van der Waals surface area contributed by atoms with Gasteiger partial charge in [0, 0.05) is 45.1 Å². The summed E-state index contributed by atoms with van der Waals surface area (Å²) in [5, 5.41) is 17.3. The van der Waals surface area contributed by atoms with E-state index < -0.39 is 11.9 Å². The van der Waals surface area contributed by atoms with Crippen LogP contribution in [0.4, 0.5) is 0 Å². The van der Waals surface area contributed by atoms with Gasteiger partial charge in [0.2, 0.25) is 0 Å². The van der Waals surface area contributed by atoms with E-state index in [0.29, 0.717) is 6.54 Å². The lowest BCUT2D eigenvalue weighted by atomic mass is 10.2. The third kappa shape index (κ3) is 3.33. The SMILES string of the molecule is CCCn1cc(CN(C)C(=O)c2nn(C)cc2C(=O)O)cn1. The van der Waals surface area contributed by atoms with Crippen molar-refractivity contribution < 1.29 is 14.7 Å². The van der Waals surface area contributed by atoms with E-state index in [1.165, 1.54) is 15.8 Å². The molecular weight excluding hydrogens is 286 g/mol. The van der Waals surface area contributed by atoms with E-state index in [-0.39, 0.29) is 11.3 Å². The monoisotopic (exact) mass is 305 g/mol. The average Bonchev–Trinajstić information content (AvgIpc) is 3.05. The maximum atomic E-state index is 12.4. The molecular formula is C14H19N5O3. The van der Waals surface area contributed by atoms with Crippen molar-refractivity contribution in [2.75, 3.05) is 7.05 Å². The van der Waals surface area contributed by atoms with Crippen LogP contribution in [0.15, 0.2) is 18.6 Å². The standard InChI is InChI=1S/C14H19N5O3/c1-4-5-19-8-10(6-15-19)7-17(2)13(20)12-11(14(21)22)9-18(3)16-12/h6,8-9H,4-5,7H2,1-3H3,(H,21,22). The zero-order chi connectivity index (χ0) is 16.3. The number of carbonyl (C=O) groups excluding carboxylic acids is 1. The van der Waals surface area contributed by atoms with Crippen molar-refractivity contribution in [3.63, 3.8) is 0 Å². The van der Waals surface area contributed by atoms with Crippen molar-refractivity contribution in [3.8, 4) is 0 Å². The third-order valence-electron chi connectivity index (χ3n) is 3.17. The number of hydrogen-bond donors (Lipinski definition) is 1. The van der Waals surface area contributed by atoms with Crippen LogP contribution >= 0.6 is 0 Å². The molecule has 0 aromatic carbocycles. The number of aryl methyl sites for hydroxylation is 2. The van der Waals surface area contributed by atoms with Crippen LogP contribution in [-0.2, 0) is 20.1 Å². The molecule has 2 aromatic rings. The fourth-order valence-corrected chi connectivity index (χ4v) is 2.17. The first-order chi connectivity index (χ1) is 10.4. The van der Waals surface area contributed by atoms with Crippen LogP contribution in [0.3, 0.4) is 0 Å². The van der Waals surface area contributed by atoms with Crippen LogP contribution in [0, 0.1) is 0 Å². The molecule has 0 aliphatic carbocycles. The van der Waals surface area contributed by atoms with Gasteiger partial charge in [-0.25, -0.2) is 4.79 Å². The zero-order valence-corrected chi connectivity index (χ0v) is 12.9. The minimum atomic E-state index is -1.17. The Hall–Kier alpha value is -2.64. The summed E-state index contributed by atoms with van der Waals surface area (Å²) in [7, 11) is 3.19. The van der Waals surface area contributed by atoms with Gasteiger partial charge in [0.15, 0.2) is 5.69 Å². The number of aromatic nitrogens is 4. The lowest BCUT2D eigenvalue weighted by Gasteiger charge is -2.15. The lowest BCUT2D eigenvalue weighted by Crippen LogP contribution is -2.28. The highest BCUT2D eigenvalue weighted by Gasteiger charge is 2.24. The van der Waals surface area contributed by atoms with Crippen molar-refractivity contribution in [1.82, 2.24) is 24.5 Å². The van der Waals surface area contributed by atoms with Crippen LogP contribution in [-0.4, -0.2) is 48.5 Å². The van der Waals surface area contributed by atoms with Crippen molar-refractivity contribution >= 4 is 11.9 Å². The fraction of sp³-hybridized carbons (Fsp3) is 0.429. The Kier molecular flexibility index (Phi) is 4.59. The van der Waals surface area contributed by atoms with E-state index >= 15 is 0 Å². The Morgan fingerprint density at radius 1 is 1.36 bits per heavy atom. The molecule has 0 bridgehead atoms. The number of nitrogens with zero attached hydrogens (tertiary/aromatic N) is 5. The molecule has 2 heterocycles.